The fourth-order valence-electron chi connectivity index (χ4n) is 2.60. The van der Waals surface area contributed by atoms with Crippen LogP contribution in [0.2, 0.25) is 0 Å². The number of para-hydroxylation sites is 1. The summed E-state index contributed by atoms with van der Waals surface area (Å²) in [5.41, 5.74) is -0.841. The minimum atomic E-state index is -3.66. The van der Waals surface area contributed by atoms with Gasteiger partial charge in [-0.2, -0.15) is 0 Å². The number of benzene rings is 1. The quantitative estimate of drug-likeness (QED) is 0.614. The maximum Gasteiger partial charge on any atom is 0.310 e. The first kappa shape index (κ1) is 17.4. The molecule has 1 fully saturated rings. The number of carboxylic acids is 1. The maximum absolute atomic E-state index is 12.4. The summed E-state index contributed by atoms with van der Waals surface area (Å²) in [6.07, 6.45) is 0.271. The van der Waals surface area contributed by atoms with Gasteiger partial charge in [-0.25, -0.2) is 12.7 Å². The predicted octanol–water partition coefficient (Wildman–Crippen LogP) is 1.26. The summed E-state index contributed by atoms with van der Waals surface area (Å²) in [6.45, 7) is 1.61. The van der Waals surface area contributed by atoms with Gasteiger partial charge in [-0.1, -0.05) is 18.2 Å². The summed E-state index contributed by atoms with van der Waals surface area (Å²) in [5.74, 6) is -1.30. The number of carboxylic acid groups (broad SMARTS) is 1. The largest absolute Gasteiger partial charge is 0.481 e. The Hall–Kier alpha value is -2.00. The Kier molecular flexibility index (Phi) is 4.71. The van der Waals surface area contributed by atoms with Crippen LogP contribution >= 0.6 is 0 Å². The molecule has 0 saturated carbocycles. The van der Waals surface area contributed by atoms with Crippen molar-refractivity contribution < 1.29 is 23.2 Å². The fourth-order valence-corrected chi connectivity index (χ4v) is 4.19. The first-order chi connectivity index (χ1) is 10.7. The molecular formula is C14H18N2O6S. The van der Waals surface area contributed by atoms with Crippen LogP contribution in [0, 0.1) is 15.5 Å². The molecule has 2 rings (SSSR count). The molecule has 1 aliphatic heterocycles. The van der Waals surface area contributed by atoms with Crippen molar-refractivity contribution in [2.45, 2.75) is 19.8 Å². The maximum atomic E-state index is 12.4. The van der Waals surface area contributed by atoms with E-state index in [-0.39, 0.29) is 37.4 Å². The molecule has 1 aromatic rings. The number of hydrogen-bond acceptors (Lipinski definition) is 5. The second kappa shape index (κ2) is 6.25. The topological polar surface area (TPSA) is 118 Å². The molecule has 0 radical (unpaired) electrons. The highest BCUT2D eigenvalue weighted by molar-refractivity contribution is 7.89. The zero-order chi connectivity index (χ0) is 17.3. The molecule has 0 bridgehead atoms. The highest BCUT2D eigenvalue weighted by atomic mass is 32.2. The lowest BCUT2D eigenvalue weighted by Gasteiger charge is -2.20. The molecule has 1 aliphatic rings. The average molecular weight is 342 g/mol. The van der Waals surface area contributed by atoms with Crippen LogP contribution in [0.4, 0.5) is 5.69 Å². The van der Waals surface area contributed by atoms with Gasteiger partial charge in [0.1, 0.15) is 0 Å². The zero-order valence-corrected chi connectivity index (χ0v) is 13.5. The Labute approximate surface area is 133 Å². The average Bonchev–Trinajstić information content (AvgIpc) is 2.90. The van der Waals surface area contributed by atoms with Gasteiger partial charge in [-0.3, -0.25) is 14.9 Å². The van der Waals surface area contributed by atoms with E-state index >= 15 is 0 Å². The lowest BCUT2D eigenvalue weighted by atomic mass is 9.90. The van der Waals surface area contributed by atoms with Crippen LogP contribution in [0.5, 0.6) is 0 Å². The summed E-state index contributed by atoms with van der Waals surface area (Å²) in [5, 5.41) is 20.1. The number of aliphatic carboxylic acids is 1. The van der Waals surface area contributed by atoms with Crippen LogP contribution in [0.3, 0.4) is 0 Å². The number of rotatable bonds is 6. The van der Waals surface area contributed by atoms with E-state index in [1.54, 1.807) is 6.07 Å². The molecule has 0 aliphatic carbocycles. The Bertz CT molecular complexity index is 733. The number of aryl methyl sites for hydroxylation is 1. The predicted molar refractivity (Wildman–Crippen MR) is 82.5 cm³/mol. The second-order valence-corrected chi connectivity index (χ2v) is 7.99. The Morgan fingerprint density at radius 1 is 1.43 bits per heavy atom. The van der Waals surface area contributed by atoms with E-state index in [1.165, 1.54) is 25.1 Å². The highest BCUT2D eigenvalue weighted by Crippen LogP contribution is 2.32. The van der Waals surface area contributed by atoms with Gasteiger partial charge in [-0.15, -0.1) is 0 Å². The van der Waals surface area contributed by atoms with Gasteiger partial charge in [-0.05, 0) is 19.8 Å². The highest BCUT2D eigenvalue weighted by Gasteiger charge is 2.44. The molecule has 126 valence electrons. The van der Waals surface area contributed by atoms with E-state index in [9.17, 15) is 23.3 Å². The van der Waals surface area contributed by atoms with E-state index < -0.39 is 26.3 Å². The molecule has 0 spiro atoms. The molecule has 9 heteroatoms. The van der Waals surface area contributed by atoms with Gasteiger partial charge < -0.3 is 5.11 Å². The van der Waals surface area contributed by atoms with Gasteiger partial charge in [0.2, 0.25) is 10.0 Å². The third-order valence-electron chi connectivity index (χ3n) is 4.17. The Balaban J connectivity index is 2.09. The van der Waals surface area contributed by atoms with Crippen molar-refractivity contribution in [1.29, 1.82) is 0 Å². The normalized spacial score (nSPS) is 22.1. The summed E-state index contributed by atoms with van der Waals surface area (Å²) in [4.78, 5) is 21.6. The molecule has 0 amide bonds. The van der Waals surface area contributed by atoms with Crippen molar-refractivity contribution in [3.05, 3.63) is 39.9 Å². The van der Waals surface area contributed by atoms with E-state index in [1.807, 2.05) is 0 Å². The van der Waals surface area contributed by atoms with Crippen molar-refractivity contribution in [2.75, 3.05) is 18.8 Å². The van der Waals surface area contributed by atoms with Crippen LogP contribution in [0.25, 0.3) is 0 Å². The van der Waals surface area contributed by atoms with E-state index in [4.69, 9.17) is 5.11 Å². The first-order valence-electron chi connectivity index (χ1n) is 7.09. The number of hydrogen-bond donors (Lipinski definition) is 1. The summed E-state index contributed by atoms with van der Waals surface area (Å²) in [7, 11) is -3.66. The van der Waals surface area contributed by atoms with Crippen LogP contribution in [-0.4, -0.2) is 47.6 Å². The third-order valence-corrected chi connectivity index (χ3v) is 5.98. The van der Waals surface area contributed by atoms with Crippen LogP contribution < -0.4 is 0 Å². The second-order valence-electron chi connectivity index (χ2n) is 5.90. The minimum Gasteiger partial charge on any atom is -0.481 e. The number of nitrogens with zero attached hydrogens (tertiary/aromatic N) is 2. The molecule has 8 nitrogen and oxygen atoms in total. The molecule has 1 N–H and O–H groups in total. The van der Waals surface area contributed by atoms with Crippen molar-refractivity contribution in [2.24, 2.45) is 5.41 Å². The van der Waals surface area contributed by atoms with Gasteiger partial charge >= 0.3 is 5.97 Å². The van der Waals surface area contributed by atoms with E-state index in [0.29, 0.717) is 5.56 Å². The standard InChI is InChI=1S/C14H18N2O6S/c1-14(13(17)18)7-8-15(10-14)23(21,22)9-6-11-4-2-3-5-12(11)16(19)20/h2-5H,6-10H2,1H3,(H,17,18). The van der Waals surface area contributed by atoms with Crippen LogP contribution in [-0.2, 0) is 21.2 Å². The van der Waals surface area contributed by atoms with Gasteiger partial charge in [0.15, 0.2) is 0 Å². The van der Waals surface area contributed by atoms with Crippen molar-refractivity contribution in [1.82, 2.24) is 4.31 Å². The monoisotopic (exact) mass is 342 g/mol. The van der Waals surface area contributed by atoms with Crippen molar-refractivity contribution >= 4 is 21.7 Å². The van der Waals surface area contributed by atoms with Crippen molar-refractivity contribution in [3.8, 4) is 0 Å². The molecule has 1 heterocycles. The molecule has 1 aromatic carbocycles. The van der Waals surface area contributed by atoms with Gasteiger partial charge in [0, 0.05) is 24.7 Å². The van der Waals surface area contributed by atoms with Gasteiger partial charge in [0.25, 0.3) is 5.69 Å². The molecule has 1 atom stereocenters. The van der Waals surface area contributed by atoms with E-state index in [2.05, 4.69) is 0 Å². The summed E-state index contributed by atoms with van der Waals surface area (Å²) in [6, 6.07) is 6.00. The van der Waals surface area contributed by atoms with Crippen LogP contribution in [0.15, 0.2) is 24.3 Å². The molecular weight excluding hydrogens is 324 g/mol. The van der Waals surface area contributed by atoms with Crippen molar-refractivity contribution in [3.63, 3.8) is 0 Å². The number of nitro groups is 1. The third kappa shape index (κ3) is 3.67. The number of carbonyl (C=O) groups is 1. The smallest absolute Gasteiger partial charge is 0.310 e. The molecule has 1 saturated heterocycles. The molecule has 0 aromatic heterocycles. The van der Waals surface area contributed by atoms with Crippen LogP contribution in [0.1, 0.15) is 18.9 Å². The lowest BCUT2D eigenvalue weighted by molar-refractivity contribution is -0.385. The first-order valence-corrected chi connectivity index (χ1v) is 8.70. The summed E-state index contributed by atoms with van der Waals surface area (Å²) < 4.78 is 25.9. The molecule has 1 unspecified atom stereocenters. The Morgan fingerprint density at radius 2 is 2.09 bits per heavy atom. The zero-order valence-electron chi connectivity index (χ0n) is 12.6. The minimum absolute atomic E-state index is 0.0137. The number of sulfonamides is 1. The van der Waals surface area contributed by atoms with Gasteiger partial charge in [0.05, 0.1) is 16.1 Å². The molecule has 23 heavy (non-hydrogen) atoms. The summed E-state index contributed by atoms with van der Waals surface area (Å²) >= 11 is 0. The van der Waals surface area contributed by atoms with E-state index in [0.717, 1.165) is 4.31 Å². The Morgan fingerprint density at radius 3 is 2.65 bits per heavy atom. The SMILES string of the molecule is CC1(C(=O)O)CCN(S(=O)(=O)CCc2ccccc2[N+](=O)[O-])C1. The lowest BCUT2D eigenvalue weighted by Crippen LogP contribution is -2.36. The number of nitro benzene ring substituents is 1. The fraction of sp³-hybridized carbons (Fsp3) is 0.500.